The van der Waals surface area contributed by atoms with E-state index in [1.54, 1.807) is 0 Å². The Hall–Kier alpha value is -3.22. The smallest absolute Gasteiger partial charge is 0.178 e. The van der Waals surface area contributed by atoms with E-state index in [1.165, 1.54) is 11.1 Å². The number of aromatic nitrogens is 5. The van der Waals surface area contributed by atoms with Crippen LogP contribution in [-0.2, 0) is 0 Å². The van der Waals surface area contributed by atoms with Gasteiger partial charge in [0, 0.05) is 49.9 Å². The van der Waals surface area contributed by atoms with Crippen LogP contribution >= 0.6 is 0 Å². The van der Waals surface area contributed by atoms with Crippen LogP contribution in [0.1, 0.15) is 30.3 Å². The molecule has 0 aliphatic carbocycles. The van der Waals surface area contributed by atoms with Gasteiger partial charge in [-0.15, -0.1) is 15.3 Å². The second-order valence-corrected chi connectivity index (χ2v) is 7.98. The average Bonchev–Trinajstić information content (AvgIpc) is 3.16. The van der Waals surface area contributed by atoms with Gasteiger partial charge < -0.3 is 9.80 Å². The third kappa shape index (κ3) is 3.16. The van der Waals surface area contributed by atoms with E-state index in [9.17, 15) is 0 Å². The average molecular weight is 387 g/mol. The van der Waals surface area contributed by atoms with E-state index in [0.717, 1.165) is 54.4 Å². The molecule has 7 nitrogen and oxygen atoms in total. The summed E-state index contributed by atoms with van der Waals surface area (Å²) in [6.07, 6.45) is 2.06. The zero-order valence-electron chi connectivity index (χ0n) is 17.1. The Kier molecular flexibility index (Phi) is 4.30. The first-order valence-corrected chi connectivity index (χ1v) is 10.1. The molecule has 0 saturated carbocycles. The number of anilines is 2. The summed E-state index contributed by atoms with van der Waals surface area (Å²) in [4.78, 5) is 9.17. The highest BCUT2D eigenvalue weighted by molar-refractivity contribution is 5.92. The van der Waals surface area contributed by atoms with E-state index < -0.39 is 0 Å². The summed E-state index contributed by atoms with van der Waals surface area (Å²) in [6, 6.07) is 14.6. The quantitative estimate of drug-likeness (QED) is 0.537. The van der Waals surface area contributed by atoms with Crippen LogP contribution in [-0.4, -0.2) is 52.0 Å². The Morgan fingerprint density at radius 3 is 2.59 bits per heavy atom. The highest BCUT2D eigenvalue weighted by atomic mass is 15.4. The summed E-state index contributed by atoms with van der Waals surface area (Å²) in [5, 5.41) is 14.8. The molecule has 0 N–H and O–H groups in total. The summed E-state index contributed by atoms with van der Waals surface area (Å²) in [5.41, 5.74) is 4.22. The SMILES string of the molecule is Cc1cc(N2CCC(c3nnc4ccc(N(C)C)nn34)CC2)c2ccccc2n1. The van der Waals surface area contributed by atoms with Gasteiger partial charge in [-0.25, -0.2) is 0 Å². The number of hydrogen-bond donors (Lipinski definition) is 0. The molecule has 5 rings (SSSR count). The van der Waals surface area contributed by atoms with Gasteiger partial charge in [0.25, 0.3) is 0 Å². The van der Waals surface area contributed by atoms with Crippen LogP contribution in [0.2, 0.25) is 0 Å². The van der Waals surface area contributed by atoms with E-state index in [1.807, 2.05) is 35.6 Å². The molecule has 4 heterocycles. The molecule has 1 aliphatic heterocycles. The number of nitrogens with zero attached hydrogens (tertiary/aromatic N) is 7. The Balaban J connectivity index is 1.42. The fraction of sp³-hybridized carbons (Fsp3) is 0.364. The Morgan fingerprint density at radius 2 is 1.79 bits per heavy atom. The second kappa shape index (κ2) is 6.99. The largest absolute Gasteiger partial charge is 0.371 e. The highest BCUT2D eigenvalue weighted by Gasteiger charge is 2.26. The minimum atomic E-state index is 0.361. The van der Waals surface area contributed by atoms with Crippen molar-refractivity contribution in [3.63, 3.8) is 0 Å². The van der Waals surface area contributed by atoms with Crippen molar-refractivity contribution in [2.24, 2.45) is 0 Å². The minimum absolute atomic E-state index is 0.361. The molecule has 0 spiro atoms. The molecule has 0 bridgehead atoms. The third-order valence-electron chi connectivity index (χ3n) is 5.75. The molecule has 0 atom stereocenters. The number of fused-ring (bicyclic) bond motifs is 2. The Labute approximate surface area is 170 Å². The van der Waals surface area contributed by atoms with Gasteiger partial charge in [0.05, 0.1) is 5.52 Å². The van der Waals surface area contributed by atoms with E-state index in [0.29, 0.717) is 5.92 Å². The molecule has 3 aromatic heterocycles. The Morgan fingerprint density at radius 1 is 1.00 bits per heavy atom. The zero-order valence-corrected chi connectivity index (χ0v) is 17.1. The van der Waals surface area contributed by atoms with Crippen molar-refractivity contribution in [1.82, 2.24) is 24.8 Å². The van der Waals surface area contributed by atoms with Crippen LogP contribution < -0.4 is 9.80 Å². The summed E-state index contributed by atoms with van der Waals surface area (Å²) in [7, 11) is 4.00. The van der Waals surface area contributed by atoms with Crippen molar-refractivity contribution in [3.8, 4) is 0 Å². The predicted molar refractivity (Wildman–Crippen MR) is 116 cm³/mol. The van der Waals surface area contributed by atoms with Crippen LogP contribution in [0, 0.1) is 6.92 Å². The van der Waals surface area contributed by atoms with Gasteiger partial charge in [-0.3, -0.25) is 4.98 Å². The number of aryl methyl sites for hydroxylation is 1. The fourth-order valence-electron chi connectivity index (χ4n) is 4.21. The van der Waals surface area contributed by atoms with Crippen LogP contribution in [0.5, 0.6) is 0 Å². The van der Waals surface area contributed by atoms with Gasteiger partial charge in [-0.05, 0) is 44.0 Å². The molecule has 0 radical (unpaired) electrons. The molecule has 0 amide bonds. The summed E-state index contributed by atoms with van der Waals surface area (Å²) in [5.74, 6) is 2.24. The van der Waals surface area contributed by atoms with E-state index in [2.05, 4.69) is 57.3 Å². The van der Waals surface area contributed by atoms with Gasteiger partial charge in [0.1, 0.15) is 5.82 Å². The summed E-state index contributed by atoms with van der Waals surface area (Å²) in [6.45, 7) is 4.04. The van der Waals surface area contributed by atoms with E-state index >= 15 is 0 Å². The van der Waals surface area contributed by atoms with Crippen molar-refractivity contribution in [2.75, 3.05) is 37.0 Å². The van der Waals surface area contributed by atoms with Crippen molar-refractivity contribution in [2.45, 2.75) is 25.7 Å². The zero-order chi connectivity index (χ0) is 20.0. The van der Waals surface area contributed by atoms with Crippen LogP contribution in [0.15, 0.2) is 42.5 Å². The van der Waals surface area contributed by atoms with Crippen LogP contribution in [0.3, 0.4) is 0 Å². The first-order chi connectivity index (χ1) is 14.1. The molecule has 1 saturated heterocycles. The van der Waals surface area contributed by atoms with Crippen molar-refractivity contribution >= 4 is 28.1 Å². The maximum atomic E-state index is 4.74. The predicted octanol–water partition coefficient (Wildman–Crippen LogP) is 3.43. The summed E-state index contributed by atoms with van der Waals surface area (Å²) >= 11 is 0. The molecular formula is C22H25N7. The van der Waals surface area contributed by atoms with Crippen LogP contribution in [0.25, 0.3) is 16.6 Å². The molecule has 0 unspecified atom stereocenters. The topological polar surface area (TPSA) is 62.5 Å². The van der Waals surface area contributed by atoms with Gasteiger partial charge in [0.15, 0.2) is 11.5 Å². The van der Waals surface area contributed by atoms with Gasteiger partial charge in [0.2, 0.25) is 0 Å². The molecular weight excluding hydrogens is 362 g/mol. The van der Waals surface area contributed by atoms with Gasteiger partial charge in [-0.2, -0.15) is 4.52 Å². The molecule has 29 heavy (non-hydrogen) atoms. The number of benzene rings is 1. The van der Waals surface area contributed by atoms with E-state index in [4.69, 9.17) is 5.10 Å². The lowest BCUT2D eigenvalue weighted by Crippen LogP contribution is -2.33. The lowest BCUT2D eigenvalue weighted by molar-refractivity contribution is 0.478. The van der Waals surface area contributed by atoms with Crippen molar-refractivity contribution in [3.05, 3.63) is 54.0 Å². The normalized spacial score (nSPS) is 15.3. The second-order valence-electron chi connectivity index (χ2n) is 7.98. The lowest BCUT2D eigenvalue weighted by Gasteiger charge is -2.33. The first kappa shape index (κ1) is 17.8. The lowest BCUT2D eigenvalue weighted by atomic mass is 9.95. The van der Waals surface area contributed by atoms with Gasteiger partial charge in [-0.1, -0.05) is 18.2 Å². The van der Waals surface area contributed by atoms with Crippen molar-refractivity contribution < 1.29 is 0 Å². The molecule has 1 aliphatic rings. The minimum Gasteiger partial charge on any atom is -0.371 e. The number of piperidine rings is 1. The summed E-state index contributed by atoms with van der Waals surface area (Å²) < 4.78 is 1.92. The maximum Gasteiger partial charge on any atom is 0.178 e. The molecule has 7 heteroatoms. The van der Waals surface area contributed by atoms with Crippen LogP contribution in [0.4, 0.5) is 11.5 Å². The molecule has 4 aromatic rings. The standard InChI is InChI=1S/C22H25N7/c1-15-14-19(17-6-4-5-7-18(17)23-15)28-12-10-16(11-13-28)22-25-24-20-8-9-21(27(2)3)26-29(20)22/h4-9,14,16H,10-13H2,1-3H3. The van der Waals surface area contributed by atoms with Gasteiger partial charge >= 0.3 is 0 Å². The first-order valence-electron chi connectivity index (χ1n) is 10.1. The number of para-hydroxylation sites is 1. The molecule has 1 aromatic carbocycles. The number of rotatable bonds is 3. The third-order valence-corrected chi connectivity index (χ3v) is 5.75. The highest BCUT2D eigenvalue weighted by Crippen LogP contribution is 2.33. The Bertz CT molecular complexity index is 1170. The number of hydrogen-bond acceptors (Lipinski definition) is 6. The van der Waals surface area contributed by atoms with Crippen molar-refractivity contribution in [1.29, 1.82) is 0 Å². The molecule has 1 fully saturated rings. The monoisotopic (exact) mass is 387 g/mol. The number of pyridine rings is 1. The van der Waals surface area contributed by atoms with E-state index in [-0.39, 0.29) is 0 Å². The molecule has 148 valence electrons. The fourth-order valence-corrected chi connectivity index (χ4v) is 4.21. The maximum absolute atomic E-state index is 4.74.